The molecule has 1 aliphatic carbocycles. The van der Waals surface area contributed by atoms with Gasteiger partial charge < -0.3 is 0 Å². The number of hydrogen-bond acceptors (Lipinski definition) is 3. The summed E-state index contributed by atoms with van der Waals surface area (Å²) in [6, 6.07) is 5.10. The molecule has 7 heteroatoms. The van der Waals surface area contributed by atoms with Gasteiger partial charge in [0, 0.05) is 6.04 Å². The predicted molar refractivity (Wildman–Crippen MR) is 59.8 cm³/mol. The molecule has 0 heterocycles. The fourth-order valence-electron chi connectivity index (χ4n) is 1.28. The highest BCUT2D eigenvalue weighted by Gasteiger charge is 2.26. The van der Waals surface area contributed by atoms with E-state index in [0.717, 1.165) is 25.0 Å². The lowest BCUT2D eigenvalue weighted by molar-refractivity contribution is 0.586. The molecule has 0 aromatic heterocycles. The highest BCUT2D eigenvalue weighted by atomic mass is 32.2. The van der Waals surface area contributed by atoms with E-state index in [-0.39, 0.29) is 17.3 Å². The van der Waals surface area contributed by atoms with Crippen LogP contribution in [0.5, 0.6) is 0 Å². The van der Waals surface area contributed by atoms with Gasteiger partial charge in [0.25, 0.3) is 10.2 Å². The van der Waals surface area contributed by atoms with E-state index in [0.29, 0.717) is 0 Å². The van der Waals surface area contributed by atoms with Crippen molar-refractivity contribution >= 4 is 15.9 Å². The fourth-order valence-corrected chi connectivity index (χ4v) is 2.45. The van der Waals surface area contributed by atoms with Crippen molar-refractivity contribution in [1.82, 2.24) is 4.72 Å². The zero-order valence-electron chi connectivity index (χ0n) is 8.77. The third kappa shape index (κ3) is 3.15. The Bertz CT molecular complexity index is 576. The minimum atomic E-state index is -3.64. The first-order valence-corrected chi connectivity index (χ1v) is 6.48. The first-order valence-electron chi connectivity index (χ1n) is 5.00. The van der Waals surface area contributed by atoms with E-state index in [2.05, 4.69) is 9.44 Å². The van der Waals surface area contributed by atoms with Crippen molar-refractivity contribution in [2.75, 3.05) is 4.72 Å². The van der Waals surface area contributed by atoms with Gasteiger partial charge in [-0.15, -0.1) is 0 Å². The van der Waals surface area contributed by atoms with E-state index in [1.165, 1.54) is 6.07 Å². The summed E-state index contributed by atoms with van der Waals surface area (Å²) in [6.07, 6.45) is 1.65. The van der Waals surface area contributed by atoms with Gasteiger partial charge in [-0.1, -0.05) is 0 Å². The monoisotopic (exact) mass is 255 g/mol. The summed E-state index contributed by atoms with van der Waals surface area (Å²) in [5, 5.41) is 8.61. The summed E-state index contributed by atoms with van der Waals surface area (Å²) in [5.41, 5.74) is -0.0345. The summed E-state index contributed by atoms with van der Waals surface area (Å²) in [6.45, 7) is 0. The second kappa shape index (κ2) is 4.31. The van der Waals surface area contributed by atoms with Crippen molar-refractivity contribution in [3.05, 3.63) is 29.6 Å². The average Bonchev–Trinajstić information content (AvgIpc) is 3.03. The molecule has 0 saturated heterocycles. The molecule has 1 aromatic carbocycles. The Morgan fingerprint density at radius 3 is 2.71 bits per heavy atom. The highest BCUT2D eigenvalue weighted by molar-refractivity contribution is 7.90. The molecule has 17 heavy (non-hydrogen) atoms. The van der Waals surface area contributed by atoms with E-state index in [4.69, 9.17) is 5.26 Å². The molecular formula is C10H10FN3O2S. The summed E-state index contributed by atoms with van der Waals surface area (Å²) >= 11 is 0. The van der Waals surface area contributed by atoms with E-state index >= 15 is 0 Å². The summed E-state index contributed by atoms with van der Waals surface area (Å²) in [5.74, 6) is -0.675. The van der Waals surface area contributed by atoms with Crippen LogP contribution < -0.4 is 9.44 Å². The lowest BCUT2D eigenvalue weighted by Crippen LogP contribution is -2.31. The molecule has 0 atom stereocenters. The topological polar surface area (TPSA) is 82.0 Å². The molecule has 0 spiro atoms. The highest BCUT2D eigenvalue weighted by Crippen LogP contribution is 2.21. The SMILES string of the molecule is N#Cc1cc(NS(=O)(=O)NC2CC2)ccc1F. The zero-order valence-corrected chi connectivity index (χ0v) is 9.59. The van der Waals surface area contributed by atoms with Crippen molar-refractivity contribution in [1.29, 1.82) is 5.26 Å². The summed E-state index contributed by atoms with van der Waals surface area (Å²) in [4.78, 5) is 0. The molecule has 90 valence electrons. The number of halogens is 1. The standard InChI is InChI=1S/C10H10FN3O2S/c11-10-4-3-9(5-7(10)6-12)14-17(15,16)13-8-1-2-8/h3-5,8,13-14H,1-2H2. The van der Waals surface area contributed by atoms with Gasteiger partial charge in [-0.05, 0) is 31.0 Å². The maximum absolute atomic E-state index is 13.0. The molecular weight excluding hydrogens is 245 g/mol. The number of nitrogens with zero attached hydrogens (tertiary/aromatic N) is 1. The maximum atomic E-state index is 13.0. The molecule has 0 bridgehead atoms. The third-order valence-corrected chi connectivity index (χ3v) is 3.39. The smallest absolute Gasteiger partial charge is 0.271 e. The molecule has 1 fully saturated rings. The van der Waals surface area contributed by atoms with Crippen LogP contribution in [0.2, 0.25) is 0 Å². The lowest BCUT2D eigenvalue weighted by Gasteiger charge is -2.08. The van der Waals surface area contributed by atoms with Crippen LogP contribution >= 0.6 is 0 Å². The Kier molecular flexibility index (Phi) is 3.00. The summed E-state index contributed by atoms with van der Waals surface area (Å²) in [7, 11) is -3.64. The van der Waals surface area contributed by atoms with Gasteiger partial charge in [-0.25, -0.2) is 4.39 Å². The first-order chi connectivity index (χ1) is 8.00. The minimum Gasteiger partial charge on any atom is -0.271 e. The van der Waals surface area contributed by atoms with E-state index < -0.39 is 16.0 Å². The van der Waals surface area contributed by atoms with Crippen molar-refractivity contribution in [3.63, 3.8) is 0 Å². The Balaban J connectivity index is 2.15. The number of hydrogen-bond donors (Lipinski definition) is 2. The Hall–Kier alpha value is -1.65. The average molecular weight is 255 g/mol. The van der Waals surface area contributed by atoms with Crippen molar-refractivity contribution < 1.29 is 12.8 Å². The second-order valence-electron chi connectivity index (χ2n) is 3.80. The van der Waals surface area contributed by atoms with Crippen LogP contribution in [0.25, 0.3) is 0 Å². The van der Waals surface area contributed by atoms with Crippen molar-refractivity contribution in [2.45, 2.75) is 18.9 Å². The molecule has 0 amide bonds. The molecule has 2 N–H and O–H groups in total. The van der Waals surface area contributed by atoms with Gasteiger partial charge in [0.2, 0.25) is 0 Å². The molecule has 0 aliphatic heterocycles. The van der Waals surface area contributed by atoms with Gasteiger partial charge in [-0.2, -0.15) is 18.4 Å². The first kappa shape index (κ1) is 11.8. The van der Waals surface area contributed by atoms with E-state index in [1.807, 2.05) is 0 Å². The number of rotatable bonds is 4. The number of nitriles is 1. The van der Waals surface area contributed by atoms with Gasteiger partial charge in [-0.3, -0.25) is 4.72 Å². The maximum Gasteiger partial charge on any atom is 0.299 e. The van der Waals surface area contributed by atoms with Crippen LogP contribution in [0, 0.1) is 17.1 Å². The van der Waals surface area contributed by atoms with Crippen LogP contribution in [0.4, 0.5) is 10.1 Å². The molecule has 2 rings (SSSR count). The van der Waals surface area contributed by atoms with Gasteiger partial charge >= 0.3 is 0 Å². The normalized spacial score (nSPS) is 15.3. The zero-order chi connectivity index (χ0) is 12.5. The fraction of sp³-hybridized carbons (Fsp3) is 0.300. The molecule has 0 radical (unpaired) electrons. The second-order valence-corrected chi connectivity index (χ2v) is 5.25. The van der Waals surface area contributed by atoms with E-state index in [9.17, 15) is 12.8 Å². The number of nitrogens with one attached hydrogen (secondary N) is 2. The molecule has 1 saturated carbocycles. The van der Waals surface area contributed by atoms with Gasteiger partial charge in [0.1, 0.15) is 11.9 Å². The molecule has 1 aromatic rings. The van der Waals surface area contributed by atoms with Crippen LogP contribution in [-0.2, 0) is 10.2 Å². The molecule has 5 nitrogen and oxygen atoms in total. The largest absolute Gasteiger partial charge is 0.299 e. The molecule has 0 unspecified atom stereocenters. The minimum absolute atomic E-state index is 0.0108. The predicted octanol–water partition coefficient (Wildman–Crippen LogP) is 1.11. The lowest BCUT2D eigenvalue weighted by atomic mass is 10.2. The number of anilines is 1. The van der Waals surface area contributed by atoms with Crippen molar-refractivity contribution in [3.8, 4) is 6.07 Å². The molecule has 1 aliphatic rings. The Labute approximate surface area is 98.4 Å². The van der Waals surface area contributed by atoms with Crippen LogP contribution in [0.15, 0.2) is 18.2 Å². The summed E-state index contributed by atoms with van der Waals surface area (Å²) < 4.78 is 40.7. The third-order valence-electron chi connectivity index (χ3n) is 2.24. The van der Waals surface area contributed by atoms with Gasteiger partial charge in [0.15, 0.2) is 0 Å². The Morgan fingerprint density at radius 2 is 2.12 bits per heavy atom. The van der Waals surface area contributed by atoms with Crippen LogP contribution in [-0.4, -0.2) is 14.5 Å². The van der Waals surface area contributed by atoms with Gasteiger partial charge in [0.05, 0.1) is 11.3 Å². The van der Waals surface area contributed by atoms with Crippen LogP contribution in [0.1, 0.15) is 18.4 Å². The van der Waals surface area contributed by atoms with Crippen molar-refractivity contribution in [2.24, 2.45) is 0 Å². The number of benzene rings is 1. The quantitative estimate of drug-likeness (QED) is 0.845. The van der Waals surface area contributed by atoms with Crippen LogP contribution in [0.3, 0.4) is 0 Å². The Morgan fingerprint density at radius 1 is 1.41 bits per heavy atom. The van der Waals surface area contributed by atoms with E-state index in [1.54, 1.807) is 6.07 Å².